The highest BCUT2D eigenvalue weighted by Crippen LogP contribution is 2.31. The Kier molecular flexibility index (Phi) is 4.00. The predicted octanol–water partition coefficient (Wildman–Crippen LogP) is 3.78. The van der Waals surface area contributed by atoms with Crippen molar-refractivity contribution in [2.45, 2.75) is 4.21 Å². The number of anilines is 1. The molecule has 8 heteroatoms. The summed E-state index contributed by atoms with van der Waals surface area (Å²) < 4.78 is 28.0. The summed E-state index contributed by atoms with van der Waals surface area (Å²) in [5, 5.41) is 9.60. The van der Waals surface area contributed by atoms with Crippen LogP contribution in [-0.4, -0.2) is 13.5 Å². The smallest absolute Gasteiger partial charge is 0.271 e. The Balaban J connectivity index is 2.36. The number of hydrogen-bond acceptors (Lipinski definition) is 4. The van der Waals surface area contributed by atoms with E-state index in [0.717, 1.165) is 15.1 Å². The highest BCUT2D eigenvalue weighted by molar-refractivity contribution is 9.11. The minimum atomic E-state index is -3.67. The van der Waals surface area contributed by atoms with Crippen LogP contribution < -0.4 is 4.72 Å². The largest absolute Gasteiger partial charge is 0.506 e. The van der Waals surface area contributed by atoms with Gasteiger partial charge in [-0.05, 0) is 46.3 Å². The van der Waals surface area contributed by atoms with Gasteiger partial charge in [0.25, 0.3) is 10.0 Å². The number of thiophene rings is 1. The predicted molar refractivity (Wildman–Crippen MR) is 78.6 cm³/mol. The summed E-state index contributed by atoms with van der Waals surface area (Å²) >= 11 is 7.52. The third kappa shape index (κ3) is 3.05. The second kappa shape index (κ2) is 5.20. The van der Waals surface area contributed by atoms with E-state index in [-0.39, 0.29) is 15.6 Å². The van der Waals surface area contributed by atoms with Gasteiger partial charge >= 0.3 is 0 Å². The number of halogens is 2. The van der Waals surface area contributed by atoms with Gasteiger partial charge in [-0.1, -0.05) is 15.9 Å². The van der Waals surface area contributed by atoms with Gasteiger partial charge in [-0.2, -0.15) is 0 Å². The molecule has 18 heavy (non-hydrogen) atoms. The number of aromatic hydroxyl groups is 1. The zero-order valence-electron chi connectivity index (χ0n) is 8.72. The SMILES string of the molecule is O=S(=O)(Nc1cc(Br)ccc1O)c1ccc(Br)s1. The molecule has 1 heterocycles. The average Bonchev–Trinajstić information content (AvgIpc) is 2.71. The van der Waals surface area contributed by atoms with E-state index >= 15 is 0 Å². The monoisotopic (exact) mass is 411 g/mol. The van der Waals surface area contributed by atoms with Gasteiger partial charge in [-0.3, -0.25) is 4.72 Å². The molecule has 0 amide bonds. The zero-order valence-corrected chi connectivity index (χ0v) is 13.5. The first-order chi connectivity index (χ1) is 8.38. The third-order valence-corrected chi connectivity index (χ3v) is 5.99. The number of phenols is 1. The van der Waals surface area contributed by atoms with E-state index in [4.69, 9.17) is 0 Å². The molecule has 0 saturated heterocycles. The van der Waals surface area contributed by atoms with Crippen molar-refractivity contribution >= 4 is 58.9 Å². The van der Waals surface area contributed by atoms with Crippen LogP contribution in [-0.2, 0) is 10.0 Å². The molecule has 4 nitrogen and oxygen atoms in total. The molecule has 0 radical (unpaired) electrons. The fourth-order valence-electron chi connectivity index (χ4n) is 1.23. The van der Waals surface area contributed by atoms with Gasteiger partial charge in [0.1, 0.15) is 9.96 Å². The van der Waals surface area contributed by atoms with Crippen molar-refractivity contribution in [1.29, 1.82) is 0 Å². The highest BCUT2D eigenvalue weighted by Gasteiger charge is 2.18. The summed E-state index contributed by atoms with van der Waals surface area (Å²) in [4.78, 5) is 0. The topological polar surface area (TPSA) is 66.4 Å². The van der Waals surface area contributed by atoms with E-state index in [1.165, 1.54) is 18.2 Å². The average molecular weight is 413 g/mol. The molecule has 0 aliphatic rings. The molecule has 0 saturated carbocycles. The lowest BCUT2D eigenvalue weighted by Gasteiger charge is -2.08. The molecule has 0 atom stereocenters. The van der Waals surface area contributed by atoms with Crippen LogP contribution >= 0.6 is 43.2 Å². The Bertz CT molecular complexity index is 682. The maximum absolute atomic E-state index is 12.0. The van der Waals surface area contributed by atoms with Crippen LogP contribution in [0.2, 0.25) is 0 Å². The third-order valence-electron chi connectivity index (χ3n) is 2.02. The molecule has 1 aromatic heterocycles. The lowest BCUT2D eigenvalue weighted by atomic mass is 10.3. The number of nitrogens with one attached hydrogen (secondary N) is 1. The van der Waals surface area contributed by atoms with Crippen molar-refractivity contribution in [3.8, 4) is 5.75 Å². The van der Waals surface area contributed by atoms with E-state index in [2.05, 4.69) is 36.6 Å². The van der Waals surface area contributed by atoms with Crippen LogP contribution in [0.5, 0.6) is 5.75 Å². The van der Waals surface area contributed by atoms with Crippen molar-refractivity contribution in [3.63, 3.8) is 0 Å². The summed E-state index contributed by atoms with van der Waals surface area (Å²) in [6, 6.07) is 7.67. The number of phenolic OH excluding ortho intramolecular Hbond substituents is 1. The van der Waals surface area contributed by atoms with Crippen LogP contribution in [0.1, 0.15) is 0 Å². The van der Waals surface area contributed by atoms with Crippen molar-refractivity contribution in [1.82, 2.24) is 0 Å². The first-order valence-electron chi connectivity index (χ1n) is 4.65. The van der Waals surface area contributed by atoms with E-state index in [0.29, 0.717) is 4.47 Å². The van der Waals surface area contributed by atoms with Crippen LogP contribution in [0.4, 0.5) is 5.69 Å². The van der Waals surface area contributed by atoms with Crippen molar-refractivity contribution in [3.05, 3.63) is 38.6 Å². The molecule has 0 spiro atoms. The van der Waals surface area contributed by atoms with Gasteiger partial charge in [-0.15, -0.1) is 11.3 Å². The lowest BCUT2D eigenvalue weighted by Crippen LogP contribution is -2.11. The molecule has 0 aliphatic heterocycles. The first-order valence-corrected chi connectivity index (χ1v) is 8.54. The van der Waals surface area contributed by atoms with Gasteiger partial charge in [-0.25, -0.2) is 8.42 Å². The van der Waals surface area contributed by atoms with E-state index in [9.17, 15) is 13.5 Å². The van der Waals surface area contributed by atoms with Gasteiger partial charge in [0, 0.05) is 4.47 Å². The zero-order chi connectivity index (χ0) is 13.3. The van der Waals surface area contributed by atoms with Crippen molar-refractivity contribution in [2.24, 2.45) is 0 Å². The van der Waals surface area contributed by atoms with Gasteiger partial charge < -0.3 is 5.11 Å². The lowest BCUT2D eigenvalue weighted by molar-refractivity contribution is 0.477. The van der Waals surface area contributed by atoms with E-state index in [1.807, 2.05) is 0 Å². The van der Waals surface area contributed by atoms with Crippen molar-refractivity contribution in [2.75, 3.05) is 4.72 Å². The van der Waals surface area contributed by atoms with Crippen LogP contribution in [0, 0.1) is 0 Å². The molecule has 0 aliphatic carbocycles. The molecular weight excluding hydrogens is 406 g/mol. The Labute approximate surface area is 125 Å². The molecule has 0 unspecified atom stereocenters. The number of sulfonamides is 1. The Morgan fingerprint density at radius 2 is 1.89 bits per heavy atom. The van der Waals surface area contributed by atoms with Gasteiger partial charge in [0.2, 0.25) is 0 Å². The van der Waals surface area contributed by atoms with Crippen LogP contribution in [0.3, 0.4) is 0 Å². The normalized spacial score (nSPS) is 11.4. The number of rotatable bonds is 3. The summed E-state index contributed by atoms with van der Waals surface area (Å²) in [7, 11) is -3.67. The first kappa shape index (κ1) is 13.9. The second-order valence-electron chi connectivity index (χ2n) is 3.33. The van der Waals surface area contributed by atoms with Gasteiger partial charge in [0.05, 0.1) is 9.47 Å². The minimum Gasteiger partial charge on any atom is -0.506 e. The molecule has 1 aromatic carbocycles. The summed E-state index contributed by atoms with van der Waals surface area (Å²) in [5.41, 5.74) is 0.133. The maximum Gasteiger partial charge on any atom is 0.271 e. The molecular formula is C10H7Br2NO3S2. The molecule has 0 fully saturated rings. The van der Waals surface area contributed by atoms with Crippen LogP contribution in [0.25, 0.3) is 0 Å². The Morgan fingerprint density at radius 1 is 1.17 bits per heavy atom. The number of benzene rings is 1. The summed E-state index contributed by atoms with van der Waals surface area (Å²) in [6.45, 7) is 0. The fourth-order valence-corrected chi connectivity index (χ4v) is 4.66. The summed E-state index contributed by atoms with van der Waals surface area (Å²) in [6.07, 6.45) is 0. The van der Waals surface area contributed by atoms with Crippen LogP contribution in [0.15, 0.2) is 42.8 Å². The molecule has 96 valence electrons. The molecule has 2 aromatic rings. The number of hydrogen-bond donors (Lipinski definition) is 2. The second-order valence-corrected chi connectivity index (χ2v) is 8.61. The minimum absolute atomic E-state index is 0.127. The summed E-state index contributed by atoms with van der Waals surface area (Å²) in [5.74, 6) is -0.127. The van der Waals surface area contributed by atoms with E-state index in [1.54, 1.807) is 12.1 Å². The quantitative estimate of drug-likeness (QED) is 0.753. The fraction of sp³-hybridized carbons (Fsp3) is 0. The molecule has 2 N–H and O–H groups in total. The van der Waals surface area contributed by atoms with Crippen molar-refractivity contribution < 1.29 is 13.5 Å². The molecule has 2 rings (SSSR count). The maximum atomic E-state index is 12.0. The van der Waals surface area contributed by atoms with E-state index < -0.39 is 10.0 Å². The Morgan fingerprint density at radius 3 is 2.50 bits per heavy atom. The molecule has 0 bridgehead atoms. The highest BCUT2D eigenvalue weighted by atomic mass is 79.9. The van der Waals surface area contributed by atoms with Gasteiger partial charge in [0.15, 0.2) is 0 Å². The Hall–Kier alpha value is -0.570. The standard InChI is InChI=1S/C10H7Br2NO3S2/c11-6-1-2-8(14)7(5-6)13-18(15,16)10-4-3-9(12)17-10/h1-5,13-14H.